The highest BCUT2D eigenvalue weighted by molar-refractivity contribution is 5.94. The van der Waals surface area contributed by atoms with E-state index in [0.29, 0.717) is 35.8 Å². The van der Waals surface area contributed by atoms with E-state index < -0.39 is 60.2 Å². The molecule has 60 heavy (non-hydrogen) atoms. The number of hydrogen-bond acceptors (Lipinski definition) is 10. The van der Waals surface area contributed by atoms with Crippen LogP contribution in [0, 0.1) is 0 Å². The van der Waals surface area contributed by atoms with Gasteiger partial charge in [-0.15, -0.1) is 0 Å². The number of ether oxygens (including phenoxy) is 5. The number of rotatable bonds is 18. The lowest BCUT2D eigenvalue weighted by molar-refractivity contribution is -0.151. The minimum Gasteiger partial charge on any atom is -0.489 e. The Kier molecular flexibility index (Phi) is 15.8. The number of benzene rings is 5. The molecule has 13 nitrogen and oxygen atoms in total. The van der Waals surface area contributed by atoms with Gasteiger partial charge in [-0.2, -0.15) is 0 Å². The lowest BCUT2D eigenvalue weighted by atomic mass is 10.0. The fourth-order valence-corrected chi connectivity index (χ4v) is 5.69. The molecule has 5 aromatic rings. The van der Waals surface area contributed by atoms with Gasteiger partial charge in [0, 0.05) is 6.92 Å². The Bertz CT molecular complexity index is 2160. The highest BCUT2D eigenvalue weighted by Crippen LogP contribution is 2.23. The van der Waals surface area contributed by atoms with Crippen LogP contribution >= 0.6 is 0 Å². The average Bonchev–Trinajstić information content (AvgIpc) is 3.24. The van der Waals surface area contributed by atoms with Gasteiger partial charge in [0.05, 0.1) is 0 Å². The van der Waals surface area contributed by atoms with E-state index in [2.05, 4.69) is 16.0 Å². The van der Waals surface area contributed by atoms with E-state index in [1.54, 1.807) is 93.6 Å². The highest BCUT2D eigenvalue weighted by atomic mass is 16.6. The average molecular weight is 816 g/mol. The second-order valence-electron chi connectivity index (χ2n) is 14.7. The van der Waals surface area contributed by atoms with Gasteiger partial charge < -0.3 is 39.6 Å². The highest BCUT2D eigenvalue weighted by Gasteiger charge is 2.33. The second kappa shape index (κ2) is 21.6. The largest absolute Gasteiger partial charge is 0.489 e. The Hall–Kier alpha value is -7.15. The molecule has 0 unspecified atom stereocenters. The zero-order valence-corrected chi connectivity index (χ0v) is 33.9. The van der Waals surface area contributed by atoms with Crippen LogP contribution in [0.2, 0.25) is 0 Å². The number of nitrogens with one attached hydrogen (secondary N) is 3. The van der Waals surface area contributed by atoms with Gasteiger partial charge in [-0.3, -0.25) is 14.4 Å². The first-order chi connectivity index (χ1) is 28.8. The maximum absolute atomic E-state index is 14.1. The minimum atomic E-state index is -1.53. The number of hydrogen-bond donors (Lipinski definition) is 3. The van der Waals surface area contributed by atoms with Crippen LogP contribution in [-0.4, -0.2) is 48.1 Å². The van der Waals surface area contributed by atoms with E-state index >= 15 is 0 Å². The summed E-state index contributed by atoms with van der Waals surface area (Å²) >= 11 is 0. The number of carbonyl (C=O) groups is 5. The van der Waals surface area contributed by atoms with Gasteiger partial charge in [0.15, 0.2) is 6.04 Å². The van der Waals surface area contributed by atoms with Crippen molar-refractivity contribution in [2.75, 3.05) is 6.61 Å². The molecule has 3 N–H and O–H groups in total. The van der Waals surface area contributed by atoms with E-state index in [9.17, 15) is 24.0 Å². The maximum Gasteiger partial charge on any atom is 0.408 e. The lowest BCUT2D eigenvalue weighted by Gasteiger charge is -2.26. The summed E-state index contributed by atoms with van der Waals surface area (Å²) in [6, 6.07) is 36.9. The fraction of sp³-hybridized carbons (Fsp3) is 0.255. The number of alkyl carbamates (subject to hydrolysis) is 1. The van der Waals surface area contributed by atoms with Crippen LogP contribution in [0.25, 0.3) is 0 Å². The van der Waals surface area contributed by atoms with Crippen LogP contribution in [0.4, 0.5) is 4.79 Å². The molecule has 3 amide bonds. The molecule has 0 saturated carbocycles. The summed E-state index contributed by atoms with van der Waals surface area (Å²) in [6.07, 6.45) is -0.898. The van der Waals surface area contributed by atoms with Crippen molar-refractivity contribution in [2.24, 2.45) is 0 Å². The molecule has 0 radical (unpaired) electrons. The molecule has 0 saturated heterocycles. The predicted molar refractivity (Wildman–Crippen MR) is 222 cm³/mol. The van der Waals surface area contributed by atoms with Crippen LogP contribution < -0.4 is 25.4 Å². The van der Waals surface area contributed by atoms with Crippen molar-refractivity contribution in [1.29, 1.82) is 0 Å². The summed E-state index contributed by atoms with van der Waals surface area (Å²) in [5, 5.41) is 7.85. The molecule has 5 aromatic carbocycles. The van der Waals surface area contributed by atoms with Gasteiger partial charge in [0.2, 0.25) is 11.8 Å². The molecule has 13 heteroatoms. The van der Waals surface area contributed by atoms with E-state index in [-0.39, 0.29) is 6.61 Å². The number of carbonyl (C=O) groups excluding carboxylic acids is 5. The molecule has 3 atom stereocenters. The standard InChI is InChI=1S/C47H49N3O10/c1-32(51)56-31-40(48-44(53)41(50-46(55)60-47(2,3)4)36-20-24-38(25-21-36)57-28-33-14-8-5-9-15-33)43(52)49-42(45(54)59-30-35-18-12-7-13-19-35)37-22-26-39(27-23-37)58-29-34-16-10-6-11-17-34/h5-27,40-42H,28-31H2,1-4H3,(H,48,53)(H,49,52)(H,50,55)/t40-,41+,42+/m0/s1. The summed E-state index contributed by atoms with van der Waals surface area (Å²) in [6.45, 7) is 6.11. The SMILES string of the molecule is CC(=O)OC[C@H](NC(=O)[C@H](NC(=O)OC(C)(C)C)c1ccc(OCc2ccccc2)cc1)C(=O)N[C@@H](C(=O)OCc1ccccc1)c1ccc(OCc2ccccc2)cc1. The molecule has 0 spiro atoms. The summed E-state index contributed by atoms with van der Waals surface area (Å²) in [7, 11) is 0. The van der Waals surface area contributed by atoms with Crippen molar-refractivity contribution in [3.05, 3.63) is 167 Å². The summed E-state index contributed by atoms with van der Waals surface area (Å²) in [5.74, 6) is -2.20. The molecular weight excluding hydrogens is 767 g/mol. The summed E-state index contributed by atoms with van der Waals surface area (Å²) < 4.78 is 28.1. The number of esters is 2. The second-order valence-corrected chi connectivity index (χ2v) is 14.7. The van der Waals surface area contributed by atoms with Crippen molar-refractivity contribution in [1.82, 2.24) is 16.0 Å². The first-order valence-electron chi connectivity index (χ1n) is 19.3. The Morgan fingerprint density at radius 3 is 1.42 bits per heavy atom. The molecule has 0 aliphatic rings. The summed E-state index contributed by atoms with van der Waals surface area (Å²) in [5.41, 5.74) is 2.43. The van der Waals surface area contributed by atoms with Gasteiger partial charge >= 0.3 is 18.0 Å². The van der Waals surface area contributed by atoms with Gasteiger partial charge in [0.1, 0.15) is 55.6 Å². The minimum absolute atomic E-state index is 0.0774. The van der Waals surface area contributed by atoms with Gasteiger partial charge in [-0.25, -0.2) is 9.59 Å². The molecule has 0 bridgehead atoms. The van der Waals surface area contributed by atoms with Crippen LogP contribution in [-0.2, 0) is 53.2 Å². The maximum atomic E-state index is 14.1. The molecule has 0 aliphatic carbocycles. The zero-order valence-electron chi connectivity index (χ0n) is 33.9. The van der Waals surface area contributed by atoms with E-state index in [1.807, 2.05) is 66.7 Å². The van der Waals surface area contributed by atoms with Gasteiger partial charge in [0.25, 0.3) is 0 Å². The fourth-order valence-electron chi connectivity index (χ4n) is 5.69. The lowest BCUT2D eigenvalue weighted by Crippen LogP contribution is -2.54. The van der Waals surface area contributed by atoms with Crippen LogP contribution in [0.5, 0.6) is 11.5 Å². The van der Waals surface area contributed by atoms with Crippen LogP contribution in [0.1, 0.15) is 67.6 Å². The van der Waals surface area contributed by atoms with Crippen LogP contribution in [0.15, 0.2) is 140 Å². The molecule has 0 aromatic heterocycles. The van der Waals surface area contributed by atoms with E-state index in [1.165, 1.54) is 0 Å². The van der Waals surface area contributed by atoms with Gasteiger partial charge in [-0.1, -0.05) is 115 Å². The number of amides is 3. The Labute approximate surface area is 349 Å². The normalized spacial score (nSPS) is 12.4. The molecule has 312 valence electrons. The van der Waals surface area contributed by atoms with E-state index in [4.69, 9.17) is 23.7 Å². The molecule has 0 heterocycles. The van der Waals surface area contributed by atoms with Crippen molar-refractivity contribution < 1.29 is 47.7 Å². The van der Waals surface area contributed by atoms with E-state index in [0.717, 1.165) is 23.6 Å². The topological polar surface area (TPSA) is 168 Å². The monoisotopic (exact) mass is 815 g/mol. The van der Waals surface area contributed by atoms with Crippen molar-refractivity contribution in [3.63, 3.8) is 0 Å². The first kappa shape index (κ1) is 44.0. The smallest absolute Gasteiger partial charge is 0.408 e. The Morgan fingerprint density at radius 1 is 0.517 bits per heavy atom. The third-order valence-corrected chi connectivity index (χ3v) is 8.68. The molecule has 5 rings (SSSR count). The van der Waals surface area contributed by atoms with Crippen molar-refractivity contribution >= 4 is 29.8 Å². The first-order valence-corrected chi connectivity index (χ1v) is 19.3. The predicted octanol–water partition coefficient (Wildman–Crippen LogP) is 7.06. The Morgan fingerprint density at radius 2 is 0.967 bits per heavy atom. The summed E-state index contributed by atoms with van der Waals surface area (Å²) in [4.78, 5) is 67.0. The zero-order chi connectivity index (χ0) is 42.9. The van der Waals surface area contributed by atoms with Crippen molar-refractivity contribution in [3.8, 4) is 11.5 Å². The molecule has 0 aliphatic heterocycles. The third kappa shape index (κ3) is 14.3. The molecule has 0 fully saturated rings. The van der Waals surface area contributed by atoms with Gasteiger partial charge in [-0.05, 0) is 72.9 Å². The van der Waals surface area contributed by atoms with Crippen molar-refractivity contribution in [2.45, 2.75) is 71.2 Å². The van der Waals surface area contributed by atoms with Crippen LogP contribution in [0.3, 0.4) is 0 Å². The Balaban J connectivity index is 1.37. The molecular formula is C47H49N3O10. The quantitative estimate of drug-likeness (QED) is 0.0616. The third-order valence-electron chi connectivity index (χ3n) is 8.68.